The van der Waals surface area contributed by atoms with Gasteiger partial charge in [0.15, 0.2) is 12.1 Å². The van der Waals surface area contributed by atoms with Gasteiger partial charge in [0, 0.05) is 18.4 Å². The largest absolute Gasteiger partial charge is 0.341 e. The second kappa shape index (κ2) is 7.70. The predicted octanol–water partition coefficient (Wildman–Crippen LogP) is 4.95. The van der Waals surface area contributed by atoms with E-state index in [4.69, 9.17) is 14.5 Å². The molecule has 4 nitrogen and oxygen atoms in total. The van der Waals surface area contributed by atoms with Gasteiger partial charge in [-0.2, -0.15) is 0 Å². The molecule has 0 unspecified atom stereocenters. The number of Topliss-reactive ketones (excluding diaryl/α,β-unsaturated/α-hetero) is 1. The van der Waals surface area contributed by atoms with Crippen LogP contribution in [0.3, 0.4) is 0 Å². The summed E-state index contributed by atoms with van der Waals surface area (Å²) >= 11 is 0. The molecule has 4 heteroatoms. The Balaban J connectivity index is 1.76. The van der Waals surface area contributed by atoms with E-state index in [-0.39, 0.29) is 18.3 Å². The van der Waals surface area contributed by atoms with E-state index in [1.165, 1.54) is 0 Å². The first-order valence-corrected chi connectivity index (χ1v) is 8.99. The van der Waals surface area contributed by atoms with E-state index in [0.717, 1.165) is 16.7 Å². The van der Waals surface area contributed by atoms with Gasteiger partial charge in [0.2, 0.25) is 0 Å². The van der Waals surface area contributed by atoms with Crippen LogP contribution in [0.1, 0.15) is 60.3 Å². The van der Waals surface area contributed by atoms with Crippen molar-refractivity contribution < 1.29 is 19.3 Å². The van der Waals surface area contributed by atoms with Crippen molar-refractivity contribution in [1.29, 1.82) is 0 Å². The minimum Gasteiger partial charge on any atom is -0.341 e. The topological polar surface area (TPSA) is 44.8 Å². The zero-order valence-electron chi connectivity index (χ0n) is 15.8. The first kappa shape index (κ1) is 18.8. The normalized spacial score (nSPS) is 19.8. The highest BCUT2D eigenvalue weighted by Crippen LogP contribution is 2.34. The van der Waals surface area contributed by atoms with Crippen LogP contribution in [0.2, 0.25) is 0 Å². The van der Waals surface area contributed by atoms with Gasteiger partial charge in [0.1, 0.15) is 0 Å². The van der Waals surface area contributed by atoms with Crippen LogP contribution in [0.5, 0.6) is 0 Å². The lowest BCUT2D eigenvalue weighted by molar-refractivity contribution is -0.422. The summed E-state index contributed by atoms with van der Waals surface area (Å²) in [5.74, 6) is 0.0576. The number of aryl methyl sites for hydroxylation is 1. The number of hydrogen-bond donors (Lipinski definition) is 0. The van der Waals surface area contributed by atoms with Gasteiger partial charge in [0.05, 0.1) is 11.7 Å². The molecule has 0 saturated heterocycles. The predicted molar refractivity (Wildman–Crippen MR) is 99.8 cm³/mol. The van der Waals surface area contributed by atoms with E-state index in [2.05, 4.69) is 6.07 Å². The highest BCUT2D eigenvalue weighted by Gasteiger charge is 2.31. The van der Waals surface area contributed by atoms with Gasteiger partial charge in [-0.3, -0.25) is 4.79 Å². The summed E-state index contributed by atoms with van der Waals surface area (Å²) in [5.41, 5.74) is 3.58. The second-order valence-electron chi connectivity index (χ2n) is 7.74. The number of hydrogen-bond acceptors (Lipinski definition) is 4. The van der Waals surface area contributed by atoms with Crippen LogP contribution < -0.4 is 0 Å². The quantitative estimate of drug-likeness (QED) is 0.433. The third-order valence-corrected chi connectivity index (χ3v) is 4.25. The Morgan fingerprint density at radius 2 is 1.81 bits per heavy atom. The van der Waals surface area contributed by atoms with Crippen LogP contribution in [0, 0.1) is 6.92 Å². The standard InChI is InChI=1S/C22H26O4/c1-15-9-11-16(12-10-15)19(23)14-20-18-8-6-5-7-17(18)13-21(24-20)25-26-22(2,3)4/h5-12,20-21H,13-14H2,1-4H3/t20-,21+/m1/s1. The highest BCUT2D eigenvalue weighted by atomic mass is 17.2. The molecule has 0 aromatic heterocycles. The maximum absolute atomic E-state index is 12.7. The molecule has 3 rings (SSSR count). The van der Waals surface area contributed by atoms with Crippen molar-refractivity contribution in [2.45, 2.75) is 58.5 Å². The maximum atomic E-state index is 12.7. The van der Waals surface area contributed by atoms with E-state index >= 15 is 0 Å². The number of carbonyl (C=O) groups excluding carboxylic acids is 1. The van der Waals surface area contributed by atoms with Crippen LogP contribution in [0.15, 0.2) is 48.5 Å². The fraction of sp³-hybridized carbons (Fsp3) is 0.409. The Kier molecular flexibility index (Phi) is 5.56. The molecule has 1 aliphatic rings. The zero-order chi connectivity index (χ0) is 18.7. The van der Waals surface area contributed by atoms with E-state index in [1.807, 2.05) is 70.2 Å². The van der Waals surface area contributed by atoms with Crippen molar-refractivity contribution in [3.8, 4) is 0 Å². The van der Waals surface area contributed by atoms with Gasteiger partial charge in [-0.1, -0.05) is 54.1 Å². The molecule has 1 aliphatic heterocycles. The Bertz CT molecular complexity index is 758. The number of rotatable bonds is 5. The van der Waals surface area contributed by atoms with Crippen molar-refractivity contribution >= 4 is 5.78 Å². The highest BCUT2D eigenvalue weighted by molar-refractivity contribution is 5.96. The Morgan fingerprint density at radius 3 is 2.50 bits per heavy atom. The van der Waals surface area contributed by atoms with Crippen molar-refractivity contribution in [2.75, 3.05) is 0 Å². The van der Waals surface area contributed by atoms with Gasteiger partial charge in [-0.05, 0) is 38.8 Å². The van der Waals surface area contributed by atoms with E-state index in [0.29, 0.717) is 12.0 Å². The van der Waals surface area contributed by atoms with Gasteiger partial charge in [-0.15, -0.1) is 0 Å². The van der Waals surface area contributed by atoms with Gasteiger partial charge >= 0.3 is 0 Å². The van der Waals surface area contributed by atoms with Crippen LogP contribution in [0.4, 0.5) is 0 Å². The molecule has 2 aromatic rings. The smallest absolute Gasteiger partial charge is 0.195 e. The number of fused-ring (bicyclic) bond motifs is 1. The van der Waals surface area contributed by atoms with Gasteiger partial charge in [0.25, 0.3) is 0 Å². The van der Waals surface area contributed by atoms with Gasteiger partial charge in [-0.25, -0.2) is 9.78 Å². The van der Waals surface area contributed by atoms with Crippen molar-refractivity contribution in [2.24, 2.45) is 0 Å². The van der Waals surface area contributed by atoms with Crippen LogP contribution in [-0.4, -0.2) is 17.7 Å². The molecule has 0 saturated carbocycles. The first-order valence-electron chi connectivity index (χ1n) is 8.99. The molecule has 0 spiro atoms. The number of benzene rings is 2. The molecule has 138 valence electrons. The number of carbonyl (C=O) groups is 1. The van der Waals surface area contributed by atoms with Crippen LogP contribution >= 0.6 is 0 Å². The van der Waals surface area contributed by atoms with Crippen LogP contribution in [0.25, 0.3) is 0 Å². The SMILES string of the molecule is Cc1ccc(C(=O)C[C@H]2O[C@@H](OOC(C)(C)C)Cc3ccccc32)cc1. The lowest BCUT2D eigenvalue weighted by Crippen LogP contribution is -2.32. The van der Waals surface area contributed by atoms with Crippen LogP contribution in [-0.2, 0) is 20.9 Å². The zero-order valence-corrected chi connectivity index (χ0v) is 15.8. The summed E-state index contributed by atoms with van der Waals surface area (Å²) in [6.07, 6.45) is -0.000951. The van der Waals surface area contributed by atoms with Crippen molar-refractivity contribution in [3.05, 3.63) is 70.8 Å². The fourth-order valence-electron chi connectivity index (χ4n) is 2.96. The fourth-order valence-corrected chi connectivity index (χ4v) is 2.96. The Hall–Kier alpha value is -2.01. The van der Waals surface area contributed by atoms with Crippen molar-refractivity contribution in [1.82, 2.24) is 0 Å². The van der Waals surface area contributed by atoms with E-state index < -0.39 is 11.9 Å². The summed E-state index contributed by atoms with van der Waals surface area (Å²) in [5, 5.41) is 0. The molecule has 1 heterocycles. The summed E-state index contributed by atoms with van der Waals surface area (Å²) in [4.78, 5) is 23.6. The molecule has 26 heavy (non-hydrogen) atoms. The molecule has 0 N–H and O–H groups in total. The maximum Gasteiger partial charge on any atom is 0.195 e. The molecule has 0 fully saturated rings. The third kappa shape index (κ3) is 4.79. The first-order chi connectivity index (χ1) is 12.3. The molecular formula is C22H26O4. The summed E-state index contributed by atoms with van der Waals surface area (Å²) < 4.78 is 6.06. The summed E-state index contributed by atoms with van der Waals surface area (Å²) in [7, 11) is 0. The molecule has 0 aliphatic carbocycles. The average Bonchev–Trinajstić information content (AvgIpc) is 2.60. The Labute approximate surface area is 155 Å². The minimum absolute atomic E-state index is 0.0576. The van der Waals surface area contributed by atoms with Crippen molar-refractivity contribution in [3.63, 3.8) is 0 Å². The average molecular weight is 354 g/mol. The van der Waals surface area contributed by atoms with Gasteiger partial charge < -0.3 is 4.74 Å². The lowest BCUT2D eigenvalue weighted by atomic mass is 9.92. The summed E-state index contributed by atoms with van der Waals surface area (Å²) in [6, 6.07) is 15.7. The molecule has 2 atom stereocenters. The molecular weight excluding hydrogens is 328 g/mol. The Morgan fingerprint density at radius 1 is 1.12 bits per heavy atom. The summed E-state index contributed by atoms with van der Waals surface area (Å²) in [6.45, 7) is 7.76. The number of ether oxygens (including phenoxy) is 1. The molecule has 0 radical (unpaired) electrons. The lowest BCUT2D eigenvalue weighted by Gasteiger charge is -2.32. The second-order valence-corrected chi connectivity index (χ2v) is 7.74. The monoisotopic (exact) mass is 354 g/mol. The molecule has 0 bridgehead atoms. The van der Waals surface area contributed by atoms with E-state index in [9.17, 15) is 4.79 Å². The molecule has 2 aromatic carbocycles. The molecule has 0 amide bonds. The minimum atomic E-state index is -0.528. The van der Waals surface area contributed by atoms with E-state index in [1.54, 1.807) is 0 Å². The third-order valence-electron chi connectivity index (χ3n) is 4.25. The number of ketones is 1.